The van der Waals surface area contributed by atoms with Crippen LogP contribution in [0.5, 0.6) is 0 Å². The average Bonchev–Trinajstić information content (AvgIpc) is 3.36. The number of aromatic amines is 1. The second-order valence-electron chi connectivity index (χ2n) is 7.26. The molecule has 0 amide bonds. The number of likely N-dealkylation sites (tertiary alicyclic amines) is 1. The van der Waals surface area contributed by atoms with E-state index in [1.165, 1.54) is 0 Å². The number of nitrogens with one attached hydrogen (secondary N) is 1. The van der Waals surface area contributed by atoms with Gasteiger partial charge in [-0.1, -0.05) is 5.21 Å². The van der Waals surface area contributed by atoms with Crippen molar-refractivity contribution < 1.29 is 9.52 Å². The van der Waals surface area contributed by atoms with E-state index in [1.807, 2.05) is 38.2 Å². The average molecular weight is 356 g/mol. The third-order valence-corrected chi connectivity index (χ3v) is 4.87. The number of β-amino-alcohol motifs (C(OH)–C–C–N with tert-alkyl or cyclic N) is 1. The van der Waals surface area contributed by atoms with Gasteiger partial charge in [0.05, 0.1) is 12.7 Å². The molecule has 0 bridgehead atoms. The molecule has 0 unspecified atom stereocenters. The van der Waals surface area contributed by atoms with E-state index in [4.69, 9.17) is 4.42 Å². The quantitative estimate of drug-likeness (QED) is 0.728. The topological polar surface area (TPSA) is 96.0 Å². The van der Waals surface area contributed by atoms with Crippen LogP contribution in [0.15, 0.2) is 35.0 Å². The number of H-pyrrole nitrogens is 1. The summed E-state index contributed by atoms with van der Waals surface area (Å²) in [6.07, 6.45) is 5.15. The van der Waals surface area contributed by atoms with Crippen LogP contribution < -0.4 is 0 Å². The minimum Gasteiger partial charge on any atom is -0.458 e. The molecule has 0 aliphatic carbocycles. The van der Waals surface area contributed by atoms with Crippen LogP contribution in [-0.2, 0) is 12.1 Å². The van der Waals surface area contributed by atoms with Gasteiger partial charge < -0.3 is 9.52 Å². The van der Waals surface area contributed by atoms with Crippen LogP contribution in [0.2, 0.25) is 0 Å². The molecule has 2 N–H and O–H groups in total. The van der Waals surface area contributed by atoms with Crippen molar-refractivity contribution in [2.24, 2.45) is 0 Å². The minimum absolute atomic E-state index is 0.226. The second-order valence-corrected chi connectivity index (χ2v) is 7.26. The summed E-state index contributed by atoms with van der Waals surface area (Å²) < 4.78 is 7.70. The van der Waals surface area contributed by atoms with Crippen LogP contribution >= 0.6 is 0 Å². The first-order valence-electron chi connectivity index (χ1n) is 8.99. The molecule has 26 heavy (non-hydrogen) atoms. The Hall–Kier alpha value is -2.45. The van der Waals surface area contributed by atoms with E-state index < -0.39 is 5.60 Å². The van der Waals surface area contributed by atoms with Crippen LogP contribution in [-0.4, -0.2) is 48.3 Å². The number of nitrogens with zero attached hydrogens (tertiary/aromatic N) is 5. The number of furan rings is 1. The van der Waals surface area contributed by atoms with Crippen LogP contribution in [0.1, 0.15) is 44.2 Å². The molecule has 3 aromatic heterocycles. The van der Waals surface area contributed by atoms with E-state index in [9.17, 15) is 5.11 Å². The standard InChI is InChI=1S/C18H24N6O2/c1-13(2)24-11-17(21-22-24)18(25)7-3-9-23(12-18)10-14-4-5-16(26-14)15-6-8-19-20-15/h4-6,8,11,13,25H,3,7,9-10,12H2,1-2H3,(H,19,20)/t18-/m0/s1. The highest BCUT2D eigenvalue weighted by atomic mass is 16.3. The van der Waals surface area contributed by atoms with Crippen LogP contribution in [0, 0.1) is 0 Å². The van der Waals surface area contributed by atoms with Crippen molar-refractivity contribution >= 4 is 0 Å². The summed E-state index contributed by atoms with van der Waals surface area (Å²) in [6, 6.07) is 6.01. The van der Waals surface area contributed by atoms with Gasteiger partial charge in [-0.05, 0) is 51.4 Å². The third-order valence-electron chi connectivity index (χ3n) is 4.87. The Morgan fingerprint density at radius 2 is 2.23 bits per heavy atom. The molecule has 4 heterocycles. The van der Waals surface area contributed by atoms with Crippen molar-refractivity contribution in [2.75, 3.05) is 13.1 Å². The number of aliphatic hydroxyl groups is 1. The molecule has 1 saturated heterocycles. The van der Waals surface area contributed by atoms with E-state index >= 15 is 0 Å². The molecular weight excluding hydrogens is 332 g/mol. The Bertz CT molecular complexity index is 853. The van der Waals surface area contributed by atoms with Crippen LogP contribution in [0.3, 0.4) is 0 Å². The maximum atomic E-state index is 11.1. The first-order valence-corrected chi connectivity index (χ1v) is 8.99. The van der Waals surface area contributed by atoms with E-state index in [-0.39, 0.29) is 6.04 Å². The Morgan fingerprint density at radius 1 is 1.35 bits per heavy atom. The van der Waals surface area contributed by atoms with Crippen molar-refractivity contribution in [2.45, 2.75) is 44.9 Å². The molecule has 3 aromatic rings. The predicted molar refractivity (Wildman–Crippen MR) is 95.1 cm³/mol. The van der Waals surface area contributed by atoms with Crippen molar-refractivity contribution in [1.82, 2.24) is 30.1 Å². The summed E-state index contributed by atoms with van der Waals surface area (Å²) in [4.78, 5) is 2.20. The predicted octanol–water partition coefficient (Wildman–Crippen LogP) is 2.33. The van der Waals surface area contributed by atoms with E-state index in [0.29, 0.717) is 25.2 Å². The molecular formula is C18H24N6O2. The third kappa shape index (κ3) is 3.30. The molecule has 1 aliphatic rings. The molecule has 8 heteroatoms. The number of rotatable bonds is 5. The highest BCUT2D eigenvalue weighted by Crippen LogP contribution is 2.31. The van der Waals surface area contributed by atoms with Crippen LogP contribution in [0.25, 0.3) is 11.5 Å². The molecule has 0 aromatic carbocycles. The largest absolute Gasteiger partial charge is 0.458 e. The number of hydrogen-bond donors (Lipinski definition) is 2. The van der Waals surface area contributed by atoms with Gasteiger partial charge in [0.1, 0.15) is 22.7 Å². The molecule has 0 saturated carbocycles. The Morgan fingerprint density at radius 3 is 2.96 bits per heavy atom. The van der Waals surface area contributed by atoms with Gasteiger partial charge in [-0.2, -0.15) is 5.10 Å². The fourth-order valence-corrected chi connectivity index (χ4v) is 3.43. The summed E-state index contributed by atoms with van der Waals surface area (Å²) in [5.41, 5.74) is 0.537. The second kappa shape index (κ2) is 6.69. The maximum Gasteiger partial charge on any atom is 0.152 e. The zero-order valence-corrected chi connectivity index (χ0v) is 15.1. The summed E-state index contributed by atoms with van der Waals surface area (Å²) in [5, 5.41) is 26.3. The normalized spacial score (nSPS) is 21.5. The molecule has 1 fully saturated rings. The van der Waals surface area contributed by atoms with Gasteiger partial charge >= 0.3 is 0 Å². The van der Waals surface area contributed by atoms with Gasteiger partial charge in [0.25, 0.3) is 0 Å². The first kappa shape index (κ1) is 17.0. The minimum atomic E-state index is -0.968. The van der Waals surface area contributed by atoms with Crippen molar-refractivity contribution in [3.8, 4) is 11.5 Å². The molecule has 4 rings (SSSR count). The smallest absolute Gasteiger partial charge is 0.152 e. The highest BCUT2D eigenvalue weighted by molar-refractivity contribution is 5.51. The van der Waals surface area contributed by atoms with Crippen molar-refractivity contribution in [3.63, 3.8) is 0 Å². The zero-order valence-electron chi connectivity index (χ0n) is 15.1. The molecule has 138 valence electrons. The summed E-state index contributed by atoms with van der Waals surface area (Å²) in [6.45, 7) is 6.17. The van der Waals surface area contributed by atoms with Crippen LogP contribution in [0.4, 0.5) is 0 Å². The van der Waals surface area contributed by atoms with Gasteiger partial charge in [-0.15, -0.1) is 5.10 Å². The molecule has 8 nitrogen and oxygen atoms in total. The lowest BCUT2D eigenvalue weighted by molar-refractivity contribution is -0.0428. The van der Waals surface area contributed by atoms with Gasteiger partial charge in [-0.25, -0.2) is 4.68 Å². The van der Waals surface area contributed by atoms with Gasteiger partial charge in [0.2, 0.25) is 0 Å². The monoisotopic (exact) mass is 356 g/mol. The molecule has 0 radical (unpaired) electrons. The van der Waals surface area contributed by atoms with E-state index in [1.54, 1.807) is 10.9 Å². The highest BCUT2D eigenvalue weighted by Gasteiger charge is 2.37. The first-order chi connectivity index (χ1) is 12.5. The van der Waals surface area contributed by atoms with Gasteiger partial charge in [-0.3, -0.25) is 10.00 Å². The van der Waals surface area contributed by atoms with Crippen molar-refractivity contribution in [1.29, 1.82) is 0 Å². The molecule has 0 spiro atoms. The van der Waals surface area contributed by atoms with Gasteiger partial charge in [0.15, 0.2) is 5.76 Å². The fourth-order valence-electron chi connectivity index (χ4n) is 3.43. The Balaban J connectivity index is 1.46. The molecule has 1 atom stereocenters. The summed E-state index contributed by atoms with van der Waals surface area (Å²) >= 11 is 0. The Kier molecular flexibility index (Phi) is 4.37. The number of aromatic nitrogens is 5. The number of piperidine rings is 1. The van der Waals surface area contributed by atoms with Gasteiger partial charge in [0, 0.05) is 18.8 Å². The van der Waals surface area contributed by atoms with Crippen molar-refractivity contribution in [3.05, 3.63) is 42.0 Å². The lowest BCUT2D eigenvalue weighted by Crippen LogP contribution is -2.45. The van der Waals surface area contributed by atoms with E-state index in [0.717, 1.165) is 30.2 Å². The Labute approximate surface area is 151 Å². The summed E-state index contributed by atoms with van der Waals surface area (Å²) in [7, 11) is 0. The maximum absolute atomic E-state index is 11.1. The summed E-state index contributed by atoms with van der Waals surface area (Å²) in [5.74, 6) is 1.63. The number of hydrogen-bond acceptors (Lipinski definition) is 6. The SMILES string of the molecule is CC(C)n1cc([C@]2(O)CCCN(Cc3ccc(-c4ccn[nH]4)o3)C2)nn1. The zero-order chi connectivity index (χ0) is 18.1. The fraction of sp³-hybridized carbons (Fsp3) is 0.500. The molecule has 1 aliphatic heterocycles. The lowest BCUT2D eigenvalue weighted by Gasteiger charge is -2.37. The van der Waals surface area contributed by atoms with E-state index in [2.05, 4.69) is 25.4 Å². The lowest BCUT2D eigenvalue weighted by atomic mass is 9.90.